The average molecular weight is 303 g/mol. The van der Waals surface area contributed by atoms with Crippen LogP contribution in [0.2, 0.25) is 0 Å². The van der Waals surface area contributed by atoms with Crippen LogP contribution in [0.3, 0.4) is 0 Å². The standard InChI is InChI=1S/C14H11F2N5O/c1-21-6-8(4-20-21)9-5-18-7-19-14(9)22-13-3-10(15)12(17)2-11(13)16/h2-7H,17H2,1H3. The van der Waals surface area contributed by atoms with E-state index in [9.17, 15) is 8.78 Å². The van der Waals surface area contributed by atoms with Gasteiger partial charge in [0.15, 0.2) is 11.6 Å². The number of nitrogens with two attached hydrogens (primary N) is 1. The minimum Gasteiger partial charge on any atom is -0.435 e. The molecule has 3 rings (SSSR count). The molecule has 0 spiro atoms. The van der Waals surface area contributed by atoms with E-state index < -0.39 is 11.6 Å². The summed E-state index contributed by atoms with van der Waals surface area (Å²) < 4.78 is 34.3. The fraction of sp³-hybridized carbons (Fsp3) is 0.0714. The molecule has 0 aliphatic heterocycles. The smallest absolute Gasteiger partial charge is 0.230 e. The van der Waals surface area contributed by atoms with Gasteiger partial charge in [-0.05, 0) is 0 Å². The van der Waals surface area contributed by atoms with E-state index in [2.05, 4.69) is 15.1 Å². The molecular weight excluding hydrogens is 292 g/mol. The summed E-state index contributed by atoms with van der Waals surface area (Å²) in [5, 5.41) is 4.04. The van der Waals surface area contributed by atoms with Gasteiger partial charge >= 0.3 is 0 Å². The molecule has 8 heteroatoms. The van der Waals surface area contributed by atoms with E-state index in [0.29, 0.717) is 11.1 Å². The maximum atomic E-state index is 13.8. The Kier molecular flexibility index (Phi) is 3.42. The monoisotopic (exact) mass is 303 g/mol. The first-order valence-corrected chi connectivity index (χ1v) is 6.26. The Labute approximate surface area is 124 Å². The van der Waals surface area contributed by atoms with Crippen LogP contribution >= 0.6 is 0 Å². The normalized spacial score (nSPS) is 10.7. The molecule has 1 aromatic carbocycles. The van der Waals surface area contributed by atoms with Gasteiger partial charge in [0.2, 0.25) is 5.88 Å². The minimum absolute atomic E-state index is 0.0890. The average Bonchev–Trinajstić information content (AvgIpc) is 2.92. The summed E-state index contributed by atoms with van der Waals surface area (Å²) in [5.41, 5.74) is 6.20. The van der Waals surface area contributed by atoms with Gasteiger partial charge in [0.25, 0.3) is 0 Å². The van der Waals surface area contributed by atoms with Crippen LogP contribution in [0.15, 0.2) is 37.1 Å². The summed E-state index contributed by atoms with van der Waals surface area (Å²) in [7, 11) is 1.75. The van der Waals surface area contributed by atoms with Gasteiger partial charge in [-0.2, -0.15) is 5.10 Å². The first-order chi connectivity index (χ1) is 10.5. The molecule has 3 aromatic rings. The Morgan fingerprint density at radius 1 is 1.18 bits per heavy atom. The lowest BCUT2D eigenvalue weighted by Crippen LogP contribution is -1.98. The van der Waals surface area contributed by atoms with Crippen LogP contribution < -0.4 is 10.5 Å². The molecule has 0 saturated heterocycles. The molecular formula is C14H11F2N5O. The zero-order valence-electron chi connectivity index (χ0n) is 11.5. The van der Waals surface area contributed by atoms with Gasteiger partial charge < -0.3 is 10.5 Å². The molecule has 6 nitrogen and oxygen atoms in total. The van der Waals surface area contributed by atoms with E-state index in [1.807, 2.05) is 0 Å². The Morgan fingerprint density at radius 3 is 2.73 bits per heavy atom. The molecule has 2 aromatic heterocycles. The number of anilines is 1. The maximum Gasteiger partial charge on any atom is 0.230 e. The van der Waals surface area contributed by atoms with Gasteiger partial charge in [-0.25, -0.2) is 18.7 Å². The zero-order valence-corrected chi connectivity index (χ0v) is 11.5. The van der Waals surface area contributed by atoms with Crippen LogP contribution in [0.1, 0.15) is 0 Å². The van der Waals surface area contributed by atoms with E-state index in [4.69, 9.17) is 10.5 Å². The lowest BCUT2D eigenvalue weighted by atomic mass is 10.2. The Balaban J connectivity index is 2.02. The highest BCUT2D eigenvalue weighted by Crippen LogP contribution is 2.32. The quantitative estimate of drug-likeness (QED) is 0.752. The topological polar surface area (TPSA) is 78.8 Å². The van der Waals surface area contributed by atoms with Gasteiger partial charge in [-0.15, -0.1) is 0 Å². The highest BCUT2D eigenvalue weighted by Gasteiger charge is 2.15. The Hall–Kier alpha value is -3.03. The Bertz CT molecular complexity index is 834. The number of nitrogens with zero attached hydrogens (tertiary/aromatic N) is 4. The number of aromatic nitrogens is 4. The molecule has 0 aliphatic carbocycles. The number of ether oxygens (including phenoxy) is 1. The fourth-order valence-corrected chi connectivity index (χ4v) is 1.88. The highest BCUT2D eigenvalue weighted by molar-refractivity contribution is 5.66. The van der Waals surface area contributed by atoms with E-state index in [1.165, 1.54) is 12.5 Å². The van der Waals surface area contributed by atoms with Crippen molar-refractivity contribution in [3.63, 3.8) is 0 Å². The molecule has 2 heterocycles. The third-order valence-corrected chi connectivity index (χ3v) is 2.95. The third kappa shape index (κ3) is 2.58. The van der Waals surface area contributed by atoms with Gasteiger partial charge in [0.05, 0.1) is 17.4 Å². The van der Waals surface area contributed by atoms with Crippen LogP contribution in [0, 0.1) is 11.6 Å². The molecule has 0 saturated carbocycles. The number of rotatable bonds is 3. The third-order valence-electron chi connectivity index (χ3n) is 2.95. The summed E-state index contributed by atoms with van der Waals surface area (Å²) in [5.74, 6) is -1.77. The summed E-state index contributed by atoms with van der Waals surface area (Å²) >= 11 is 0. The summed E-state index contributed by atoms with van der Waals surface area (Å²) in [6.07, 6.45) is 6.07. The number of hydrogen-bond acceptors (Lipinski definition) is 5. The maximum absolute atomic E-state index is 13.8. The number of aryl methyl sites for hydroxylation is 1. The largest absolute Gasteiger partial charge is 0.435 e. The number of halogens is 2. The van der Waals surface area contributed by atoms with E-state index >= 15 is 0 Å². The predicted molar refractivity (Wildman–Crippen MR) is 75.1 cm³/mol. The van der Waals surface area contributed by atoms with Crippen LogP contribution in [0.5, 0.6) is 11.6 Å². The Morgan fingerprint density at radius 2 is 2.00 bits per heavy atom. The first-order valence-electron chi connectivity index (χ1n) is 6.26. The van der Waals surface area contributed by atoms with Gasteiger partial charge in [0.1, 0.15) is 12.1 Å². The van der Waals surface area contributed by atoms with Crippen LogP contribution in [-0.4, -0.2) is 19.7 Å². The summed E-state index contributed by atoms with van der Waals surface area (Å²) in [6, 6.07) is 1.73. The van der Waals surface area contributed by atoms with Crippen molar-refractivity contribution in [2.24, 2.45) is 7.05 Å². The molecule has 0 radical (unpaired) electrons. The van der Waals surface area contributed by atoms with Gasteiger partial charge in [0, 0.05) is 37.1 Å². The number of hydrogen-bond donors (Lipinski definition) is 1. The van der Waals surface area contributed by atoms with Crippen molar-refractivity contribution in [2.75, 3.05) is 5.73 Å². The van der Waals surface area contributed by atoms with Crippen molar-refractivity contribution in [1.82, 2.24) is 19.7 Å². The van der Waals surface area contributed by atoms with E-state index in [-0.39, 0.29) is 17.3 Å². The summed E-state index contributed by atoms with van der Waals surface area (Å²) in [6.45, 7) is 0. The van der Waals surface area contributed by atoms with Crippen molar-refractivity contribution in [2.45, 2.75) is 0 Å². The van der Waals surface area contributed by atoms with Crippen molar-refractivity contribution in [3.05, 3.63) is 48.7 Å². The SMILES string of the molecule is Cn1cc(-c2cncnc2Oc2cc(F)c(N)cc2F)cn1. The molecule has 0 bridgehead atoms. The lowest BCUT2D eigenvalue weighted by Gasteiger charge is -2.09. The van der Waals surface area contributed by atoms with E-state index in [1.54, 1.807) is 24.1 Å². The molecule has 0 amide bonds. The predicted octanol–water partition coefficient (Wildman–Crippen LogP) is 2.53. The molecule has 0 fully saturated rings. The zero-order chi connectivity index (χ0) is 15.7. The van der Waals surface area contributed by atoms with Gasteiger partial charge in [-0.3, -0.25) is 4.68 Å². The van der Waals surface area contributed by atoms with Crippen molar-refractivity contribution in [1.29, 1.82) is 0 Å². The second-order valence-corrected chi connectivity index (χ2v) is 4.55. The number of nitrogen functional groups attached to an aromatic ring is 1. The van der Waals surface area contributed by atoms with Crippen molar-refractivity contribution >= 4 is 5.69 Å². The second kappa shape index (κ2) is 5.40. The highest BCUT2D eigenvalue weighted by atomic mass is 19.1. The van der Waals surface area contributed by atoms with Crippen LogP contribution in [-0.2, 0) is 7.05 Å². The second-order valence-electron chi connectivity index (χ2n) is 4.55. The molecule has 0 aliphatic rings. The van der Waals surface area contributed by atoms with Crippen molar-refractivity contribution < 1.29 is 13.5 Å². The van der Waals surface area contributed by atoms with Crippen molar-refractivity contribution in [3.8, 4) is 22.8 Å². The minimum atomic E-state index is -0.783. The molecule has 2 N–H and O–H groups in total. The molecule has 112 valence electrons. The molecule has 0 atom stereocenters. The van der Waals surface area contributed by atoms with Gasteiger partial charge in [-0.1, -0.05) is 0 Å². The first kappa shape index (κ1) is 13.9. The van der Waals surface area contributed by atoms with E-state index in [0.717, 1.165) is 12.1 Å². The van der Waals surface area contributed by atoms with Crippen LogP contribution in [0.25, 0.3) is 11.1 Å². The molecule has 0 unspecified atom stereocenters. The summed E-state index contributed by atoms with van der Waals surface area (Å²) in [4.78, 5) is 7.87. The fourth-order valence-electron chi connectivity index (χ4n) is 1.88. The van der Waals surface area contributed by atoms with Crippen LogP contribution in [0.4, 0.5) is 14.5 Å². The lowest BCUT2D eigenvalue weighted by molar-refractivity contribution is 0.423. The number of benzene rings is 1. The molecule has 22 heavy (non-hydrogen) atoms.